The number of hydrogen-bond donors (Lipinski definition) is 6. The van der Waals surface area contributed by atoms with Crippen molar-refractivity contribution in [2.45, 2.75) is 49.1 Å². The number of nitrogens with one attached hydrogen (secondary N) is 1. The number of fused-ring (bicyclic) bond motifs is 2. The van der Waals surface area contributed by atoms with E-state index in [9.17, 15) is 28.5 Å². The molecule has 0 aromatic heterocycles. The van der Waals surface area contributed by atoms with Crippen LogP contribution in [0.15, 0.2) is 11.8 Å². The third kappa shape index (κ3) is 3.83. The van der Waals surface area contributed by atoms with Gasteiger partial charge in [0.25, 0.3) is 0 Å². The van der Waals surface area contributed by atoms with Crippen molar-refractivity contribution in [1.29, 1.82) is 0 Å². The molecule has 0 spiro atoms. The van der Waals surface area contributed by atoms with Gasteiger partial charge in [-0.1, -0.05) is 0 Å². The fourth-order valence-corrected chi connectivity index (χ4v) is 3.48. The van der Waals surface area contributed by atoms with Crippen LogP contribution in [0, 0.1) is 0 Å². The van der Waals surface area contributed by atoms with Crippen LogP contribution in [-0.4, -0.2) is 95.1 Å². The number of carbonyl (C=O) groups is 1. The predicted molar refractivity (Wildman–Crippen MR) is 76.6 cm³/mol. The number of rotatable bonds is 5. The Morgan fingerprint density at radius 1 is 1.27 bits per heavy atom. The Bertz CT molecular complexity index is 694. The van der Waals surface area contributed by atoms with Gasteiger partial charge < -0.3 is 39.4 Å². The minimum absolute atomic E-state index is 0.108. The van der Waals surface area contributed by atoms with Gasteiger partial charge in [-0.15, -0.1) is 0 Å². The normalized spacial score (nSPS) is 42.8. The molecule has 8 atom stereocenters. The number of ether oxygens (including phenoxy) is 4. The Kier molecular flexibility index (Phi) is 5.22. The Morgan fingerprint density at radius 3 is 2.58 bits per heavy atom. The summed E-state index contributed by atoms with van der Waals surface area (Å²) in [5, 5.41) is 39.0. The van der Waals surface area contributed by atoms with Crippen LogP contribution in [0.4, 0.5) is 0 Å². The lowest BCUT2D eigenvalue weighted by molar-refractivity contribution is -0.274. The maximum atomic E-state index is 11.0. The molecule has 0 radical (unpaired) electrons. The van der Waals surface area contributed by atoms with Gasteiger partial charge in [0.05, 0.1) is 6.61 Å². The molecule has 3 heterocycles. The second-order valence-electron chi connectivity index (χ2n) is 5.89. The van der Waals surface area contributed by atoms with Gasteiger partial charge in [-0.2, -0.15) is 13.1 Å². The van der Waals surface area contributed by atoms with E-state index in [1.165, 1.54) is 0 Å². The van der Waals surface area contributed by atoms with E-state index in [0.717, 1.165) is 6.08 Å². The first-order valence-corrected chi connectivity index (χ1v) is 8.84. The Balaban J connectivity index is 1.78. The van der Waals surface area contributed by atoms with Gasteiger partial charge in [-0.05, 0) is 6.08 Å². The number of aliphatic hydroxyl groups excluding tert-OH is 3. The van der Waals surface area contributed by atoms with Crippen molar-refractivity contribution in [2.75, 3.05) is 6.61 Å². The van der Waals surface area contributed by atoms with Crippen molar-refractivity contribution in [3.05, 3.63) is 11.8 Å². The molecule has 26 heavy (non-hydrogen) atoms. The van der Waals surface area contributed by atoms with Gasteiger partial charge >= 0.3 is 16.3 Å². The first-order chi connectivity index (χ1) is 12.1. The molecule has 148 valence electrons. The standard InChI is InChI=1S/C12H17NO12S/c14-3-1-4(10(17)18)23-12(7(3)15)25-9-5-2-22-11(24-5)6(8(9)16)13-26(19,20)21/h1,3,5-9,11-16H,2H2,(H,17,18)(H,19,20,21)/t3-,5-,6-,7+,8+,9?,11-,12-/m0/s1. The zero-order chi connectivity index (χ0) is 19.2. The van der Waals surface area contributed by atoms with E-state index in [1.54, 1.807) is 4.72 Å². The lowest BCUT2D eigenvalue weighted by atomic mass is 9.99. The van der Waals surface area contributed by atoms with E-state index >= 15 is 0 Å². The van der Waals surface area contributed by atoms with Crippen LogP contribution in [0.25, 0.3) is 0 Å². The van der Waals surface area contributed by atoms with Crippen LogP contribution in [0.2, 0.25) is 0 Å². The summed E-state index contributed by atoms with van der Waals surface area (Å²) in [6, 6.07) is -1.44. The molecule has 13 nitrogen and oxygen atoms in total. The van der Waals surface area contributed by atoms with Gasteiger partial charge in [0.15, 0.2) is 6.29 Å². The highest BCUT2D eigenvalue weighted by Gasteiger charge is 2.53. The number of carboxylic acid groups (broad SMARTS) is 1. The summed E-state index contributed by atoms with van der Waals surface area (Å²) in [5.74, 6) is -2.19. The zero-order valence-electron chi connectivity index (χ0n) is 12.9. The molecular formula is C12H17NO12S. The Morgan fingerprint density at radius 2 is 1.96 bits per heavy atom. The predicted octanol–water partition coefficient (Wildman–Crippen LogP) is -3.70. The average molecular weight is 399 g/mol. The van der Waals surface area contributed by atoms with Crippen molar-refractivity contribution in [3.63, 3.8) is 0 Å². The quantitative estimate of drug-likeness (QED) is 0.247. The van der Waals surface area contributed by atoms with Gasteiger partial charge in [-0.25, -0.2) is 4.79 Å². The Hall–Kier alpha value is -1.36. The molecule has 0 aliphatic carbocycles. The Labute approximate surface area is 146 Å². The highest BCUT2D eigenvalue weighted by atomic mass is 32.2. The molecule has 3 rings (SSSR count). The summed E-state index contributed by atoms with van der Waals surface area (Å²) in [6.07, 6.45) is -9.20. The summed E-state index contributed by atoms with van der Waals surface area (Å²) < 4.78 is 53.6. The third-order valence-electron chi connectivity index (χ3n) is 4.08. The monoisotopic (exact) mass is 399 g/mol. The fourth-order valence-electron chi connectivity index (χ4n) is 2.89. The van der Waals surface area contributed by atoms with Crippen molar-refractivity contribution >= 4 is 16.3 Å². The summed E-state index contributed by atoms with van der Waals surface area (Å²) in [6.45, 7) is -0.108. The molecule has 2 bridgehead atoms. The first-order valence-electron chi connectivity index (χ1n) is 7.40. The minimum Gasteiger partial charge on any atom is -0.475 e. The van der Waals surface area contributed by atoms with Crippen LogP contribution in [0.1, 0.15) is 0 Å². The maximum Gasteiger partial charge on any atom is 0.371 e. The largest absolute Gasteiger partial charge is 0.475 e. The molecule has 2 saturated heterocycles. The second kappa shape index (κ2) is 6.99. The molecule has 0 aromatic rings. The maximum absolute atomic E-state index is 11.0. The van der Waals surface area contributed by atoms with E-state index in [2.05, 4.69) is 0 Å². The number of carboxylic acids is 1. The van der Waals surface area contributed by atoms with Gasteiger partial charge in [0, 0.05) is 0 Å². The third-order valence-corrected chi connectivity index (χ3v) is 4.65. The molecule has 3 aliphatic rings. The molecule has 3 aliphatic heterocycles. The molecular weight excluding hydrogens is 382 g/mol. The molecule has 0 amide bonds. The number of aliphatic hydroxyl groups is 3. The average Bonchev–Trinajstić information content (AvgIpc) is 2.97. The van der Waals surface area contributed by atoms with Gasteiger partial charge in [-0.3, -0.25) is 4.55 Å². The van der Waals surface area contributed by atoms with Crippen LogP contribution >= 0.6 is 0 Å². The lowest BCUT2D eigenvalue weighted by Gasteiger charge is -2.40. The van der Waals surface area contributed by atoms with E-state index in [1.807, 2.05) is 0 Å². The SMILES string of the molecule is O=C(O)C1=C[C@H](O)[C@@H](O)[C@H](OC2[C@@H]3CO[C@@H](O3)[C@@H](NS(=O)(=O)O)[C@H]2O)O1. The van der Waals surface area contributed by atoms with Crippen molar-refractivity contribution in [3.8, 4) is 0 Å². The van der Waals surface area contributed by atoms with Crippen molar-refractivity contribution in [2.24, 2.45) is 0 Å². The number of hydrogen-bond acceptors (Lipinski definition) is 10. The first kappa shape index (κ1) is 19.4. The summed E-state index contributed by atoms with van der Waals surface area (Å²) in [7, 11) is -4.71. The summed E-state index contributed by atoms with van der Waals surface area (Å²) in [4.78, 5) is 11.0. The van der Waals surface area contributed by atoms with Crippen LogP contribution in [-0.2, 0) is 34.0 Å². The van der Waals surface area contributed by atoms with Crippen LogP contribution in [0.3, 0.4) is 0 Å². The van der Waals surface area contributed by atoms with Crippen LogP contribution < -0.4 is 4.72 Å². The molecule has 2 fully saturated rings. The molecule has 0 aromatic carbocycles. The highest BCUT2D eigenvalue weighted by molar-refractivity contribution is 7.83. The fraction of sp³-hybridized carbons (Fsp3) is 0.750. The van der Waals surface area contributed by atoms with Crippen molar-refractivity contribution in [1.82, 2.24) is 4.72 Å². The minimum atomic E-state index is -4.71. The van der Waals surface area contributed by atoms with E-state index in [-0.39, 0.29) is 6.61 Å². The smallest absolute Gasteiger partial charge is 0.371 e. The van der Waals surface area contributed by atoms with Gasteiger partial charge in [0.1, 0.15) is 36.6 Å². The van der Waals surface area contributed by atoms with E-state index in [0.29, 0.717) is 0 Å². The summed E-state index contributed by atoms with van der Waals surface area (Å²) >= 11 is 0. The second-order valence-corrected chi connectivity index (χ2v) is 7.08. The molecule has 6 N–H and O–H groups in total. The molecule has 0 saturated carbocycles. The lowest BCUT2D eigenvalue weighted by Crippen LogP contribution is -2.62. The topological polar surface area (TPSA) is 201 Å². The van der Waals surface area contributed by atoms with E-state index in [4.69, 9.17) is 28.6 Å². The van der Waals surface area contributed by atoms with Crippen molar-refractivity contribution < 1.29 is 57.1 Å². The highest BCUT2D eigenvalue weighted by Crippen LogP contribution is 2.32. The zero-order valence-corrected chi connectivity index (χ0v) is 13.7. The number of aliphatic carboxylic acids is 1. The van der Waals surface area contributed by atoms with Gasteiger partial charge in [0.2, 0.25) is 12.0 Å². The van der Waals surface area contributed by atoms with Crippen LogP contribution in [0.5, 0.6) is 0 Å². The molecule has 1 unspecified atom stereocenters. The van der Waals surface area contributed by atoms with E-state index < -0.39 is 71.2 Å². The summed E-state index contributed by atoms with van der Waals surface area (Å²) in [5.41, 5.74) is 0. The molecule has 14 heteroatoms.